The van der Waals surface area contributed by atoms with Crippen molar-refractivity contribution in [1.82, 2.24) is 0 Å². The van der Waals surface area contributed by atoms with Crippen LogP contribution >= 0.6 is 0 Å². The van der Waals surface area contributed by atoms with Crippen molar-refractivity contribution in [3.05, 3.63) is 12.7 Å². The molecule has 2 heteroatoms. The van der Waals surface area contributed by atoms with E-state index in [4.69, 9.17) is 5.84 Å². The first kappa shape index (κ1) is 8.21. The molecule has 0 spiro atoms. The van der Waals surface area contributed by atoms with Crippen molar-refractivity contribution in [3.8, 4) is 0 Å². The molecular weight excluding hydrogens is 112 g/mol. The third-order valence-electron chi connectivity index (χ3n) is 1.02. The number of hydrogen-bond donors (Lipinski definition) is 1. The number of allylic oxidation sites excluding steroid dienone is 1. The lowest BCUT2D eigenvalue weighted by atomic mass is 10.1. The fourth-order valence-electron chi connectivity index (χ4n) is 0.607. The lowest BCUT2D eigenvalue weighted by molar-refractivity contribution is 0.684. The summed E-state index contributed by atoms with van der Waals surface area (Å²) in [6.07, 6.45) is 2.61. The van der Waals surface area contributed by atoms with Gasteiger partial charge in [-0.05, 0) is 18.4 Å². The third kappa shape index (κ3) is 3.76. The summed E-state index contributed by atoms with van der Waals surface area (Å²) >= 11 is 0. The highest BCUT2D eigenvalue weighted by Gasteiger charge is 1.96. The van der Waals surface area contributed by atoms with Crippen LogP contribution in [0.5, 0.6) is 0 Å². The van der Waals surface area contributed by atoms with Gasteiger partial charge in [0.2, 0.25) is 0 Å². The first-order chi connectivity index (χ1) is 4.20. The highest BCUT2D eigenvalue weighted by Crippen LogP contribution is 2.00. The molecule has 0 unspecified atom stereocenters. The summed E-state index contributed by atoms with van der Waals surface area (Å²) in [4.78, 5) is 0. The standard InChI is InChI=1S/C7H14N2/c1-4-7(9-8)5-6(2)3/h4,6H,1,5,8H2,2-3H3/b9-7+. The van der Waals surface area contributed by atoms with E-state index >= 15 is 0 Å². The Kier molecular flexibility index (Phi) is 3.76. The van der Waals surface area contributed by atoms with E-state index in [-0.39, 0.29) is 0 Å². The van der Waals surface area contributed by atoms with Crippen LogP contribution in [0.1, 0.15) is 20.3 Å². The van der Waals surface area contributed by atoms with Gasteiger partial charge < -0.3 is 5.84 Å². The molecule has 52 valence electrons. The fourth-order valence-corrected chi connectivity index (χ4v) is 0.607. The normalized spacial score (nSPS) is 12.1. The van der Waals surface area contributed by atoms with Gasteiger partial charge in [0, 0.05) is 0 Å². The smallest absolute Gasteiger partial charge is 0.0597 e. The molecule has 2 N–H and O–H groups in total. The maximum Gasteiger partial charge on any atom is 0.0597 e. The molecule has 0 saturated carbocycles. The van der Waals surface area contributed by atoms with Crippen LogP contribution in [0, 0.1) is 5.92 Å². The minimum Gasteiger partial charge on any atom is -0.323 e. The predicted molar refractivity (Wildman–Crippen MR) is 41.3 cm³/mol. The highest BCUT2D eigenvalue weighted by molar-refractivity contribution is 5.94. The van der Waals surface area contributed by atoms with Crippen LogP contribution in [0.2, 0.25) is 0 Å². The van der Waals surface area contributed by atoms with Crippen LogP contribution in [-0.2, 0) is 0 Å². The van der Waals surface area contributed by atoms with Crippen LogP contribution in [0.3, 0.4) is 0 Å². The van der Waals surface area contributed by atoms with Gasteiger partial charge in [0.1, 0.15) is 0 Å². The first-order valence-corrected chi connectivity index (χ1v) is 3.10. The number of hydrogen-bond acceptors (Lipinski definition) is 2. The lowest BCUT2D eigenvalue weighted by Crippen LogP contribution is -2.02. The average molecular weight is 126 g/mol. The Hall–Kier alpha value is -0.790. The van der Waals surface area contributed by atoms with E-state index in [1.165, 1.54) is 0 Å². The summed E-state index contributed by atoms with van der Waals surface area (Å²) in [5.74, 6) is 5.65. The predicted octanol–water partition coefficient (Wildman–Crippen LogP) is 1.53. The van der Waals surface area contributed by atoms with Crippen LogP contribution in [0.15, 0.2) is 17.8 Å². The molecule has 0 atom stereocenters. The second kappa shape index (κ2) is 4.13. The minimum absolute atomic E-state index is 0.602. The van der Waals surface area contributed by atoms with Gasteiger partial charge in [0.15, 0.2) is 0 Å². The van der Waals surface area contributed by atoms with Crippen LogP contribution < -0.4 is 5.84 Å². The molecule has 0 fully saturated rings. The number of nitrogens with zero attached hydrogens (tertiary/aromatic N) is 1. The molecule has 0 saturated heterocycles. The van der Waals surface area contributed by atoms with Crippen molar-refractivity contribution >= 4 is 5.71 Å². The summed E-state index contributed by atoms with van der Waals surface area (Å²) in [6, 6.07) is 0. The molecule has 2 nitrogen and oxygen atoms in total. The van der Waals surface area contributed by atoms with Gasteiger partial charge in [0.25, 0.3) is 0 Å². The number of hydrazone groups is 1. The largest absolute Gasteiger partial charge is 0.323 e. The Labute approximate surface area is 56.4 Å². The van der Waals surface area contributed by atoms with Crippen molar-refractivity contribution < 1.29 is 0 Å². The van der Waals surface area contributed by atoms with Gasteiger partial charge in [-0.25, -0.2) is 0 Å². The van der Waals surface area contributed by atoms with E-state index in [0.717, 1.165) is 12.1 Å². The second-order valence-corrected chi connectivity index (χ2v) is 2.42. The third-order valence-corrected chi connectivity index (χ3v) is 1.02. The maximum atomic E-state index is 5.05. The SMILES string of the molecule is C=C/C(CC(C)C)=N\N. The van der Waals surface area contributed by atoms with Gasteiger partial charge in [-0.3, -0.25) is 0 Å². The van der Waals surface area contributed by atoms with Crippen LogP contribution in [0.25, 0.3) is 0 Å². The summed E-state index contributed by atoms with van der Waals surface area (Å²) in [5, 5.41) is 3.55. The molecule has 0 radical (unpaired) electrons. The summed E-state index contributed by atoms with van der Waals surface area (Å²) < 4.78 is 0. The zero-order valence-corrected chi connectivity index (χ0v) is 6.09. The van der Waals surface area contributed by atoms with Crippen LogP contribution in [0.4, 0.5) is 0 Å². The van der Waals surface area contributed by atoms with Crippen LogP contribution in [-0.4, -0.2) is 5.71 Å². The molecule has 0 amide bonds. The first-order valence-electron chi connectivity index (χ1n) is 3.10. The molecule has 0 aliphatic rings. The molecule has 0 heterocycles. The van der Waals surface area contributed by atoms with Gasteiger partial charge in [-0.15, -0.1) is 0 Å². The maximum absolute atomic E-state index is 5.05. The van der Waals surface area contributed by atoms with Crippen molar-refractivity contribution in [3.63, 3.8) is 0 Å². The summed E-state index contributed by atoms with van der Waals surface area (Å²) in [6.45, 7) is 7.81. The monoisotopic (exact) mass is 126 g/mol. The molecule has 0 rings (SSSR count). The Bertz CT molecular complexity index is 114. The molecule has 0 aromatic heterocycles. The molecule has 0 aromatic rings. The number of rotatable bonds is 3. The van der Waals surface area contributed by atoms with E-state index in [1.54, 1.807) is 6.08 Å². The van der Waals surface area contributed by atoms with Crippen molar-refractivity contribution in [1.29, 1.82) is 0 Å². The number of nitrogens with two attached hydrogens (primary N) is 1. The van der Waals surface area contributed by atoms with Crippen molar-refractivity contribution in [2.45, 2.75) is 20.3 Å². The Morgan fingerprint density at radius 1 is 1.78 bits per heavy atom. The lowest BCUT2D eigenvalue weighted by Gasteiger charge is -2.01. The van der Waals surface area contributed by atoms with E-state index < -0.39 is 0 Å². The summed E-state index contributed by atoms with van der Waals surface area (Å²) in [5.41, 5.74) is 0.880. The van der Waals surface area contributed by atoms with Gasteiger partial charge in [-0.2, -0.15) is 5.10 Å². The van der Waals surface area contributed by atoms with E-state index in [0.29, 0.717) is 5.92 Å². The van der Waals surface area contributed by atoms with E-state index in [1.807, 2.05) is 0 Å². The van der Waals surface area contributed by atoms with E-state index in [9.17, 15) is 0 Å². The van der Waals surface area contributed by atoms with Gasteiger partial charge >= 0.3 is 0 Å². The molecule has 9 heavy (non-hydrogen) atoms. The molecule has 0 bridgehead atoms. The van der Waals surface area contributed by atoms with Crippen molar-refractivity contribution in [2.75, 3.05) is 0 Å². The molecule has 0 aliphatic carbocycles. The zero-order valence-electron chi connectivity index (χ0n) is 6.09. The Morgan fingerprint density at radius 2 is 2.33 bits per heavy atom. The Morgan fingerprint density at radius 3 is 2.44 bits per heavy atom. The van der Waals surface area contributed by atoms with E-state index in [2.05, 4.69) is 25.5 Å². The molecule has 0 aliphatic heterocycles. The summed E-state index contributed by atoms with van der Waals surface area (Å²) in [7, 11) is 0. The van der Waals surface area contributed by atoms with Crippen molar-refractivity contribution in [2.24, 2.45) is 16.9 Å². The highest BCUT2D eigenvalue weighted by atomic mass is 15.1. The zero-order chi connectivity index (χ0) is 7.28. The van der Waals surface area contributed by atoms with Gasteiger partial charge in [0.05, 0.1) is 5.71 Å². The second-order valence-electron chi connectivity index (χ2n) is 2.42. The molecular formula is C7H14N2. The minimum atomic E-state index is 0.602. The average Bonchev–Trinajstić information content (AvgIpc) is 1.82. The topological polar surface area (TPSA) is 38.4 Å². The van der Waals surface area contributed by atoms with Gasteiger partial charge in [-0.1, -0.05) is 20.4 Å². The molecule has 0 aromatic carbocycles. The Balaban J connectivity index is 3.71. The fraction of sp³-hybridized carbons (Fsp3) is 0.571. The quantitative estimate of drug-likeness (QED) is 0.347.